The molecule has 0 spiro atoms. The summed E-state index contributed by atoms with van der Waals surface area (Å²) in [6.45, 7) is 0. The Morgan fingerprint density at radius 3 is 2.06 bits per heavy atom. The molecule has 0 saturated heterocycles. The quantitative estimate of drug-likeness (QED) is 0.502. The number of para-hydroxylation sites is 1. The molecule has 2 aromatic carbocycles. The van der Waals surface area contributed by atoms with Crippen molar-refractivity contribution >= 4 is 16.9 Å². The van der Waals surface area contributed by atoms with Gasteiger partial charge < -0.3 is 24.7 Å². The van der Waals surface area contributed by atoms with E-state index in [0.29, 0.717) is 45.5 Å². The van der Waals surface area contributed by atoms with E-state index < -0.39 is 0 Å². The number of nitrogens with zero attached hydrogens (tertiary/aromatic N) is 3. The Hall–Kier alpha value is -4.07. The molecule has 0 bridgehead atoms. The van der Waals surface area contributed by atoms with Crippen LogP contribution in [0.15, 0.2) is 48.8 Å². The van der Waals surface area contributed by atoms with Gasteiger partial charge in [0.05, 0.1) is 39.5 Å². The number of benzene rings is 2. The van der Waals surface area contributed by atoms with Crippen molar-refractivity contribution < 1.29 is 18.9 Å². The molecule has 0 aliphatic rings. The van der Waals surface area contributed by atoms with Gasteiger partial charge in [0.25, 0.3) is 0 Å². The number of anilines is 1. The average molecular weight is 418 g/mol. The zero-order valence-electron chi connectivity index (χ0n) is 17.7. The van der Waals surface area contributed by atoms with Gasteiger partial charge in [0.15, 0.2) is 17.1 Å². The summed E-state index contributed by atoms with van der Waals surface area (Å²) in [5, 5.41) is 0.635. The first-order chi connectivity index (χ1) is 15.1. The van der Waals surface area contributed by atoms with E-state index in [2.05, 4.69) is 9.97 Å². The lowest BCUT2D eigenvalue weighted by Crippen LogP contribution is -2.00. The monoisotopic (exact) mass is 418 g/mol. The summed E-state index contributed by atoms with van der Waals surface area (Å²) in [4.78, 5) is 13.2. The van der Waals surface area contributed by atoms with Crippen LogP contribution in [0.5, 0.6) is 23.0 Å². The van der Waals surface area contributed by atoms with Gasteiger partial charge in [-0.25, -0.2) is 15.0 Å². The number of fused-ring (bicyclic) bond motifs is 1. The van der Waals surface area contributed by atoms with Crippen LogP contribution in [-0.4, -0.2) is 43.4 Å². The minimum atomic E-state index is 0.327. The lowest BCUT2D eigenvalue weighted by molar-refractivity contribution is 0.324. The second-order valence-corrected chi connectivity index (χ2v) is 6.63. The van der Waals surface area contributed by atoms with E-state index in [1.807, 2.05) is 42.5 Å². The largest absolute Gasteiger partial charge is 0.496 e. The molecule has 0 fully saturated rings. The molecule has 2 N–H and O–H groups in total. The number of pyridine rings is 1. The summed E-state index contributed by atoms with van der Waals surface area (Å²) in [5.41, 5.74) is 9.80. The van der Waals surface area contributed by atoms with Crippen molar-refractivity contribution in [3.8, 4) is 45.4 Å². The van der Waals surface area contributed by atoms with Crippen LogP contribution in [0.1, 0.15) is 0 Å². The van der Waals surface area contributed by atoms with Crippen molar-refractivity contribution in [2.24, 2.45) is 0 Å². The lowest BCUT2D eigenvalue weighted by atomic mass is 9.98. The fourth-order valence-electron chi connectivity index (χ4n) is 3.55. The lowest BCUT2D eigenvalue weighted by Gasteiger charge is -2.16. The number of rotatable bonds is 6. The molecule has 4 rings (SSSR count). The molecule has 2 aromatic heterocycles. The Morgan fingerprint density at radius 1 is 0.742 bits per heavy atom. The van der Waals surface area contributed by atoms with Gasteiger partial charge in [-0.1, -0.05) is 12.1 Å². The summed E-state index contributed by atoms with van der Waals surface area (Å²) < 4.78 is 22.0. The smallest absolute Gasteiger partial charge is 0.203 e. The fraction of sp³-hybridized carbons (Fsp3) is 0.174. The van der Waals surface area contributed by atoms with Crippen LogP contribution >= 0.6 is 0 Å². The Labute approximate surface area is 179 Å². The average Bonchev–Trinajstić information content (AvgIpc) is 2.82. The minimum absolute atomic E-state index is 0.327. The number of hydrogen-bond donors (Lipinski definition) is 1. The van der Waals surface area contributed by atoms with E-state index in [1.54, 1.807) is 28.4 Å². The predicted octanol–water partition coefficient (Wildman–Crippen LogP) is 3.98. The molecule has 0 aliphatic carbocycles. The number of methoxy groups -OCH3 is 4. The van der Waals surface area contributed by atoms with E-state index in [4.69, 9.17) is 29.7 Å². The molecule has 158 valence electrons. The van der Waals surface area contributed by atoms with Crippen molar-refractivity contribution in [2.45, 2.75) is 0 Å². The zero-order chi connectivity index (χ0) is 22.0. The molecule has 0 radical (unpaired) electrons. The van der Waals surface area contributed by atoms with Gasteiger partial charge in [-0.05, 0) is 41.5 Å². The minimum Gasteiger partial charge on any atom is -0.496 e. The Bertz CT molecular complexity index is 1230. The Kier molecular flexibility index (Phi) is 5.44. The van der Waals surface area contributed by atoms with Gasteiger partial charge in [0.1, 0.15) is 17.9 Å². The SMILES string of the molecule is COc1ccccc1-c1cc(-c2cc(OC)c(OC)c(OC)c2)c2c(N)ncnc2n1. The summed E-state index contributed by atoms with van der Waals surface area (Å²) >= 11 is 0. The number of nitrogens with two attached hydrogens (primary N) is 1. The van der Waals surface area contributed by atoms with Crippen molar-refractivity contribution in [1.82, 2.24) is 15.0 Å². The third-order valence-corrected chi connectivity index (χ3v) is 4.99. The number of nitrogen functional groups attached to an aromatic ring is 1. The van der Waals surface area contributed by atoms with Crippen molar-refractivity contribution in [2.75, 3.05) is 34.2 Å². The normalized spacial score (nSPS) is 10.7. The number of ether oxygens (including phenoxy) is 4. The highest BCUT2D eigenvalue weighted by atomic mass is 16.5. The van der Waals surface area contributed by atoms with Crippen LogP contribution in [0.4, 0.5) is 5.82 Å². The van der Waals surface area contributed by atoms with Crippen LogP contribution in [0.25, 0.3) is 33.4 Å². The van der Waals surface area contributed by atoms with Crippen molar-refractivity contribution in [3.05, 3.63) is 48.8 Å². The molecule has 8 nitrogen and oxygen atoms in total. The van der Waals surface area contributed by atoms with Crippen molar-refractivity contribution in [3.63, 3.8) is 0 Å². The molecule has 2 heterocycles. The zero-order valence-corrected chi connectivity index (χ0v) is 17.7. The van der Waals surface area contributed by atoms with Crippen molar-refractivity contribution in [1.29, 1.82) is 0 Å². The van der Waals surface area contributed by atoms with Crippen LogP contribution < -0.4 is 24.7 Å². The summed E-state index contributed by atoms with van der Waals surface area (Å²) in [7, 11) is 6.33. The third kappa shape index (κ3) is 3.52. The Morgan fingerprint density at radius 2 is 1.42 bits per heavy atom. The predicted molar refractivity (Wildman–Crippen MR) is 119 cm³/mol. The summed E-state index contributed by atoms with van der Waals surface area (Å²) in [5.74, 6) is 2.58. The molecule has 0 unspecified atom stereocenters. The number of aromatic nitrogens is 3. The molecule has 0 amide bonds. The molecule has 8 heteroatoms. The first-order valence-corrected chi connectivity index (χ1v) is 9.46. The third-order valence-electron chi connectivity index (χ3n) is 4.99. The first kappa shape index (κ1) is 20.2. The molecule has 0 atom stereocenters. The highest BCUT2D eigenvalue weighted by molar-refractivity contribution is 6.01. The Balaban J connectivity index is 2.06. The maximum atomic E-state index is 6.23. The van der Waals surface area contributed by atoms with E-state index in [-0.39, 0.29) is 0 Å². The first-order valence-electron chi connectivity index (χ1n) is 9.46. The summed E-state index contributed by atoms with van der Waals surface area (Å²) in [6.07, 6.45) is 1.40. The van der Waals surface area contributed by atoms with E-state index in [9.17, 15) is 0 Å². The van der Waals surface area contributed by atoms with Gasteiger partial charge in [0.2, 0.25) is 5.75 Å². The molecule has 0 saturated carbocycles. The van der Waals surface area contributed by atoms with Crippen LogP contribution in [0, 0.1) is 0 Å². The summed E-state index contributed by atoms with van der Waals surface area (Å²) in [6, 6.07) is 13.3. The number of hydrogen-bond acceptors (Lipinski definition) is 8. The standard InChI is InChI=1S/C23H22N4O4/c1-28-17-8-6-5-7-14(17)16-11-15(20-22(24)25-12-26-23(20)27-16)13-9-18(29-2)21(31-4)19(10-13)30-3/h5-12H,1-4H3,(H2,24,25,26,27). The van der Waals surface area contributed by atoms with E-state index >= 15 is 0 Å². The van der Waals surface area contributed by atoms with Crippen LogP contribution in [-0.2, 0) is 0 Å². The second-order valence-electron chi connectivity index (χ2n) is 6.63. The van der Waals surface area contributed by atoms with Gasteiger partial charge in [-0.2, -0.15) is 0 Å². The highest BCUT2D eigenvalue weighted by Crippen LogP contribution is 2.44. The van der Waals surface area contributed by atoms with Gasteiger partial charge in [0, 0.05) is 5.56 Å². The fourth-order valence-corrected chi connectivity index (χ4v) is 3.55. The highest BCUT2D eigenvalue weighted by Gasteiger charge is 2.19. The van der Waals surface area contributed by atoms with E-state index in [1.165, 1.54) is 6.33 Å². The van der Waals surface area contributed by atoms with Crippen LogP contribution in [0.2, 0.25) is 0 Å². The van der Waals surface area contributed by atoms with Gasteiger partial charge in [-0.3, -0.25) is 0 Å². The maximum absolute atomic E-state index is 6.23. The molecular weight excluding hydrogens is 396 g/mol. The second kappa shape index (κ2) is 8.35. The molecule has 4 aromatic rings. The molecule has 0 aliphatic heterocycles. The topological polar surface area (TPSA) is 102 Å². The molecular formula is C23H22N4O4. The van der Waals surface area contributed by atoms with E-state index in [0.717, 1.165) is 16.7 Å². The van der Waals surface area contributed by atoms with Crippen LogP contribution in [0.3, 0.4) is 0 Å². The van der Waals surface area contributed by atoms with Gasteiger partial charge in [-0.15, -0.1) is 0 Å². The maximum Gasteiger partial charge on any atom is 0.203 e. The van der Waals surface area contributed by atoms with Gasteiger partial charge >= 0.3 is 0 Å². The molecule has 31 heavy (non-hydrogen) atoms.